The Morgan fingerprint density at radius 3 is 0.638 bits per heavy atom. The van der Waals surface area contributed by atoms with E-state index in [-0.39, 0.29) is 0 Å². The van der Waals surface area contributed by atoms with E-state index >= 15 is 0 Å². The van der Waals surface area contributed by atoms with Crippen LogP contribution in [0.3, 0.4) is 0 Å². The molecule has 94 heavy (non-hydrogen) atoms. The summed E-state index contributed by atoms with van der Waals surface area (Å²) in [6.07, 6.45) is 50.0. The van der Waals surface area contributed by atoms with Crippen molar-refractivity contribution in [2.75, 3.05) is 0 Å². The summed E-state index contributed by atoms with van der Waals surface area (Å²) in [6, 6.07) is 38.0. The van der Waals surface area contributed by atoms with Crippen LogP contribution in [-0.2, 0) is 62.2 Å². The minimum Gasteiger partial charge on any atom is -0.134 e. The van der Waals surface area contributed by atoms with Crippen molar-refractivity contribution in [2.24, 2.45) is 0 Å². The lowest BCUT2D eigenvalue weighted by Crippen LogP contribution is -2.29. The van der Waals surface area contributed by atoms with Gasteiger partial charge in [0.2, 0.25) is 0 Å². The smallest absolute Gasteiger partial charge is 0.0830 e. The van der Waals surface area contributed by atoms with E-state index in [9.17, 15) is 0 Å². The van der Waals surface area contributed by atoms with Gasteiger partial charge in [-0.05, 0) is 213 Å². The van der Waals surface area contributed by atoms with Crippen LogP contribution in [0.25, 0.3) is 30.3 Å². The zero-order valence-corrected chi connectivity index (χ0v) is 66.2. The highest BCUT2D eigenvalue weighted by Gasteiger charge is 2.56. The van der Waals surface area contributed by atoms with Crippen molar-refractivity contribution in [3.8, 4) is 20.9 Å². The van der Waals surface area contributed by atoms with E-state index in [2.05, 4.69) is 195 Å². The molecule has 0 spiro atoms. The summed E-state index contributed by atoms with van der Waals surface area (Å²) in [5.41, 5.74) is 23.6. The Morgan fingerprint density at radius 2 is 0.447 bits per heavy atom. The first-order valence-corrected chi connectivity index (χ1v) is 43.7. The van der Waals surface area contributed by atoms with Gasteiger partial charge in [-0.3, -0.25) is 0 Å². The third-order valence-electron chi connectivity index (χ3n) is 21.3. The molecule has 0 bridgehead atoms. The van der Waals surface area contributed by atoms with Crippen molar-refractivity contribution < 1.29 is 0 Å². The van der Waals surface area contributed by atoms with Gasteiger partial charge in [0, 0.05) is 41.8 Å². The van der Waals surface area contributed by atoms with Crippen molar-refractivity contribution in [2.45, 2.75) is 323 Å². The normalized spacial score (nSPS) is 13.6. The van der Waals surface area contributed by atoms with Crippen molar-refractivity contribution in [3.63, 3.8) is 0 Å². The Labute approximate surface area is 605 Å². The van der Waals surface area contributed by atoms with Crippen LogP contribution in [-0.4, -0.2) is 0 Å². The fourth-order valence-corrected chi connectivity index (χ4v) is 23.4. The molecule has 0 saturated heterocycles. The van der Waals surface area contributed by atoms with E-state index in [1.165, 1.54) is 266 Å². The van der Waals surface area contributed by atoms with Gasteiger partial charge in [0.1, 0.15) is 0 Å². The topological polar surface area (TPSA) is 0 Å². The van der Waals surface area contributed by atoms with Gasteiger partial charge in [0.15, 0.2) is 0 Å². The molecule has 0 N–H and O–H groups in total. The molecule has 2 aliphatic rings. The quantitative estimate of drug-likeness (QED) is 0.0334. The largest absolute Gasteiger partial charge is 0.134 e. The van der Waals surface area contributed by atoms with Crippen LogP contribution >= 0.6 is 77.2 Å². The van der Waals surface area contributed by atoms with Crippen LogP contribution in [0.5, 0.6) is 0 Å². The van der Waals surface area contributed by atoms with Crippen LogP contribution in [0, 0.1) is 0 Å². The number of hydrogen-bond acceptors (Lipinski definition) is 4. The number of unbranched alkanes of at least 4 members (excludes halogenated alkanes) is 24. The number of aryl methyl sites for hydroxylation is 8. The third-order valence-corrected chi connectivity index (χ3v) is 27.5. The molecule has 6 heteroatoms. The molecule has 4 heterocycles. The fraction of sp³-hybridized carbons (Fsp3) is 0.568. The van der Waals surface area contributed by atoms with Gasteiger partial charge in [0.05, 0.1) is 27.8 Å². The molecule has 0 unspecified atom stereocenters. The summed E-state index contributed by atoms with van der Waals surface area (Å²) in [5.74, 6) is 0. The average molecular weight is 1460 g/mol. The summed E-state index contributed by atoms with van der Waals surface area (Å²) in [7, 11) is 0. The maximum atomic E-state index is 4.30. The van der Waals surface area contributed by atoms with Crippen LogP contribution < -0.4 is 0 Å². The van der Waals surface area contributed by atoms with E-state index < -0.39 is 10.8 Å². The first-order chi connectivity index (χ1) is 46.1. The van der Waals surface area contributed by atoms with Crippen molar-refractivity contribution in [1.29, 1.82) is 0 Å². The molecular formula is C88H118Br2S4. The van der Waals surface area contributed by atoms with E-state index in [0.29, 0.717) is 0 Å². The SMILES string of the molecule is CCCCCCc1cc(CCCCCC)cc(C2(c3cc(CCCCCC)cc(CCCCCC)c3)c3sc(Br)cc3-c3sc4c5c(sc4c32)-c2cc(Br)sc2C5(c2cc(CCCCCC)cc(CCCCCC)c2)c2cc(CCCCCC)cc(CCCCCC)c2)c1. The Kier molecular flexibility index (Phi) is 28.8. The van der Waals surface area contributed by atoms with Crippen molar-refractivity contribution in [1.82, 2.24) is 0 Å². The van der Waals surface area contributed by atoms with Gasteiger partial charge in [0.25, 0.3) is 0 Å². The Hall–Kier alpha value is -3.10. The molecule has 2 aliphatic carbocycles. The average Bonchev–Trinajstić information content (AvgIpc) is 1.49. The minimum absolute atomic E-state index is 0.498. The molecule has 0 atom stereocenters. The van der Waals surface area contributed by atoms with Gasteiger partial charge >= 0.3 is 0 Å². The highest BCUT2D eigenvalue weighted by molar-refractivity contribution is 9.11. The molecule has 8 aromatic rings. The third kappa shape index (κ3) is 17.0. The first kappa shape index (κ1) is 73.6. The van der Waals surface area contributed by atoms with E-state index in [4.69, 9.17) is 0 Å². The van der Waals surface area contributed by atoms with Gasteiger partial charge in [-0.15, -0.1) is 45.3 Å². The zero-order valence-electron chi connectivity index (χ0n) is 59.8. The highest BCUT2D eigenvalue weighted by Crippen LogP contribution is 2.71. The number of hydrogen-bond donors (Lipinski definition) is 0. The Balaban J connectivity index is 1.33. The van der Waals surface area contributed by atoms with Crippen LogP contribution in [0.15, 0.2) is 92.5 Å². The van der Waals surface area contributed by atoms with E-state index in [1.54, 1.807) is 65.0 Å². The molecule has 0 saturated carbocycles. The summed E-state index contributed by atoms with van der Waals surface area (Å²) >= 11 is 17.1. The summed E-state index contributed by atoms with van der Waals surface area (Å²) in [6.45, 7) is 18.9. The van der Waals surface area contributed by atoms with Crippen LogP contribution in [0.4, 0.5) is 0 Å². The van der Waals surface area contributed by atoms with E-state index in [0.717, 1.165) is 51.4 Å². The predicted octanol–water partition coefficient (Wildman–Crippen LogP) is 30.3. The van der Waals surface area contributed by atoms with Gasteiger partial charge in [-0.1, -0.05) is 282 Å². The maximum Gasteiger partial charge on any atom is 0.0830 e. The number of fused-ring (bicyclic) bond motifs is 9. The molecule has 508 valence electrons. The Bertz CT molecular complexity index is 3150. The highest BCUT2D eigenvalue weighted by atomic mass is 79.9. The van der Waals surface area contributed by atoms with E-state index in [1.807, 2.05) is 22.7 Å². The molecule has 4 aromatic carbocycles. The number of thiophene rings is 4. The standard InChI is InChI=1S/C88H118Br2S4/c1-9-17-25-33-41-63-49-64(42-34-26-18-10-2)54-71(53-63)87(72-55-65(43-35-27-19-11-3)50-66(56-72)44-36-28-20-12-4)79-81(75-61-77(89)91-85(75)87)93-84-80-82(94-83(79)84)76-62-78(90)92-86(76)88(80,73-57-67(45-37-29-21-13-5)51-68(58-73)46-38-30-22-14-6)74-59-69(47-39-31-23-15-7)52-70(60-74)48-40-32-24-16-8/h49-62H,9-48H2,1-8H3. The zero-order chi connectivity index (χ0) is 65.9. The fourth-order valence-electron chi connectivity index (χ4n) is 16.4. The molecule has 0 radical (unpaired) electrons. The lowest BCUT2D eigenvalue weighted by atomic mass is 9.68. The lowest BCUT2D eigenvalue weighted by molar-refractivity contribution is 0.656. The molecule has 0 aliphatic heterocycles. The number of rotatable bonds is 44. The van der Waals surface area contributed by atoms with Gasteiger partial charge in [-0.2, -0.15) is 0 Å². The molecule has 0 fully saturated rings. The minimum atomic E-state index is -0.498. The lowest BCUT2D eigenvalue weighted by Gasteiger charge is -2.35. The Morgan fingerprint density at radius 1 is 0.245 bits per heavy atom. The molecule has 0 nitrogen and oxygen atoms in total. The van der Waals surface area contributed by atoms with Crippen molar-refractivity contribution >= 4 is 86.6 Å². The summed E-state index contributed by atoms with van der Waals surface area (Å²) in [4.78, 5) is 6.11. The van der Waals surface area contributed by atoms with Crippen LogP contribution in [0.2, 0.25) is 0 Å². The predicted molar refractivity (Wildman–Crippen MR) is 428 cm³/mol. The second-order valence-electron chi connectivity index (χ2n) is 29.0. The van der Waals surface area contributed by atoms with Gasteiger partial charge < -0.3 is 0 Å². The molecular weight excluding hydrogens is 1350 g/mol. The monoisotopic (exact) mass is 1460 g/mol. The molecule has 4 aromatic heterocycles. The number of halogens is 2. The molecule has 10 rings (SSSR count). The maximum absolute atomic E-state index is 4.30. The molecule has 0 amide bonds. The summed E-state index contributed by atoms with van der Waals surface area (Å²) in [5, 5.41) is 0. The second-order valence-corrected chi connectivity index (χ2v) is 35.9. The second kappa shape index (κ2) is 36.8. The number of benzene rings is 4. The summed E-state index contributed by atoms with van der Waals surface area (Å²) < 4.78 is 5.60. The first-order valence-electron chi connectivity index (χ1n) is 38.8. The van der Waals surface area contributed by atoms with Crippen LogP contribution in [0.1, 0.15) is 348 Å². The van der Waals surface area contributed by atoms with Gasteiger partial charge in [-0.25, -0.2) is 0 Å². The van der Waals surface area contributed by atoms with Crippen molar-refractivity contribution in [3.05, 3.63) is 180 Å².